The topological polar surface area (TPSA) is 9.86 Å². The summed E-state index contributed by atoms with van der Waals surface area (Å²) >= 11 is 0. The summed E-state index contributed by atoms with van der Waals surface area (Å²) in [5.41, 5.74) is 15.3. The number of alkyl halides is 6. The first-order chi connectivity index (χ1) is 33.6. The number of rotatable bonds is 2. The quantitative estimate of drug-likeness (QED) is 0.121. The number of aryl methyl sites for hydroxylation is 4. The van der Waals surface area contributed by atoms with Crippen LogP contribution in [-0.4, -0.2) is 15.8 Å². The molecule has 70 heavy (non-hydrogen) atoms. The van der Waals surface area contributed by atoms with Crippen molar-refractivity contribution >= 4 is 66.6 Å². The largest absolute Gasteiger partial charge is 0.416 e. The maximum absolute atomic E-state index is 15.7. The van der Waals surface area contributed by atoms with Crippen molar-refractivity contribution in [2.45, 2.75) is 45.5 Å². The van der Waals surface area contributed by atoms with Gasteiger partial charge in [-0.1, -0.05) is 144 Å². The minimum Gasteiger partial charge on any atom is -0.310 e. The summed E-state index contributed by atoms with van der Waals surface area (Å²) in [6, 6.07) is 48.8. The SMILES string of the molecule is Cc1ccc(-c2c(-c3ccc(C)cc3)n3c4c(c5ccccc5cc24)B2c4c-3ccc3c4-n4c5c2cc(C(F)(F)F)cc5c2cc(C(F)(F)F)cc(c24)C32c3cc(C)ccc3-c3ccc(C)cc32)cc1. The summed E-state index contributed by atoms with van der Waals surface area (Å²) in [6.07, 6.45) is -9.62. The van der Waals surface area contributed by atoms with E-state index in [0.29, 0.717) is 22.1 Å². The molecule has 0 amide bonds. The molecule has 0 bridgehead atoms. The van der Waals surface area contributed by atoms with Crippen LogP contribution in [0.5, 0.6) is 0 Å². The average molecular weight is 923 g/mol. The predicted molar refractivity (Wildman–Crippen MR) is 270 cm³/mol. The number of fused-ring (bicyclic) bond motifs is 13. The van der Waals surface area contributed by atoms with Gasteiger partial charge in [-0.15, -0.1) is 0 Å². The van der Waals surface area contributed by atoms with Crippen LogP contribution in [0.4, 0.5) is 26.3 Å². The molecule has 336 valence electrons. The molecule has 3 aliphatic heterocycles. The summed E-state index contributed by atoms with van der Waals surface area (Å²) in [5.74, 6) is 0. The van der Waals surface area contributed by atoms with E-state index in [2.05, 4.69) is 126 Å². The molecular weight excluding hydrogens is 885 g/mol. The maximum atomic E-state index is 15.7. The lowest BCUT2D eigenvalue weighted by molar-refractivity contribution is -0.138. The molecule has 1 aliphatic carbocycles. The number of hydrogen-bond acceptors (Lipinski definition) is 0. The van der Waals surface area contributed by atoms with E-state index in [1.54, 1.807) is 0 Å². The molecule has 0 fully saturated rings. The lowest BCUT2D eigenvalue weighted by atomic mass is 9.33. The molecule has 2 nitrogen and oxygen atoms in total. The Morgan fingerprint density at radius 2 is 1.03 bits per heavy atom. The van der Waals surface area contributed by atoms with E-state index in [0.717, 1.165) is 129 Å². The first-order valence-corrected chi connectivity index (χ1v) is 23.6. The van der Waals surface area contributed by atoms with E-state index >= 15 is 26.3 Å². The summed E-state index contributed by atoms with van der Waals surface area (Å²) in [5, 5.41) is 3.09. The fraction of sp³-hybridized carbons (Fsp3) is 0.115. The van der Waals surface area contributed by atoms with Crippen LogP contribution in [0, 0.1) is 27.7 Å². The Morgan fingerprint density at radius 1 is 0.443 bits per heavy atom. The van der Waals surface area contributed by atoms with Gasteiger partial charge in [0.1, 0.15) is 0 Å². The first kappa shape index (κ1) is 40.1. The van der Waals surface area contributed by atoms with E-state index in [9.17, 15) is 0 Å². The Kier molecular flexibility index (Phi) is 7.40. The third-order valence-corrected chi connectivity index (χ3v) is 16.1. The Bertz CT molecular complexity index is 4190. The maximum Gasteiger partial charge on any atom is 0.416 e. The summed E-state index contributed by atoms with van der Waals surface area (Å²) in [6.45, 7) is 7.37. The first-order valence-electron chi connectivity index (χ1n) is 23.6. The van der Waals surface area contributed by atoms with E-state index in [4.69, 9.17) is 0 Å². The molecule has 11 aromatic rings. The second kappa shape index (κ2) is 12.9. The van der Waals surface area contributed by atoms with E-state index in [-0.39, 0.29) is 10.8 Å². The van der Waals surface area contributed by atoms with Crippen LogP contribution in [0.1, 0.15) is 55.6 Å². The van der Waals surface area contributed by atoms with Crippen molar-refractivity contribution < 1.29 is 26.3 Å². The van der Waals surface area contributed by atoms with Gasteiger partial charge in [-0.2, -0.15) is 26.3 Å². The molecule has 9 heteroatoms. The minimum atomic E-state index is -4.81. The highest BCUT2D eigenvalue weighted by Gasteiger charge is 2.56. The van der Waals surface area contributed by atoms with Crippen LogP contribution < -0.4 is 16.4 Å². The zero-order valence-electron chi connectivity index (χ0n) is 38.2. The molecule has 0 unspecified atom stereocenters. The smallest absolute Gasteiger partial charge is 0.310 e. The summed E-state index contributed by atoms with van der Waals surface area (Å²) in [7, 11) is 0. The van der Waals surface area contributed by atoms with Crippen LogP contribution in [0.15, 0.2) is 152 Å². The van der Waals surface area contributed by atoms with Gasteiger partial charge in [-0.25, -0.2) is 0 Å². The van der Waals surface area contributed by atoms with Crippen molar-refractivity contribution in [3.63, 3.8) is 0 Å². The van der Waals surface area contributed by atoms with Gasteiger partial charge >= 0.3 is 12.4 Å². The van der Waals surface area contributed by atoms with Crippen molar-refractivity contribution in [2.75, 3.05) is 0 Å². The van der Waals surface area contributed by atoms with Gasteiger partial charge in [0.15, 0.2) is 0 Å². The average Bonchev–Trinajstić information content (AvgIpc) is 3.95. The second-order valence-electron chi connectivity index (χ2n) is 20.1. The lowest BCUT2D eigenvalue weighted by Crippen LogP contribution is -2.61. The molecule has 0 N–H and O–H groups in total. The van der Waals surface area contributed by atoms with Crippen LogP contribution in [0.2, 0.25) is 0 Å². The molecule has 4 aliphatic rings. The van der Waals surface area contributed by atoms with E-state index in [1.165, 1.54) is 12.1 Å². The highest BCUT2D eigenvalue weighted by Crippen LogP contribution is 2.63. The summed E-state index contributed by atoms with van der Waals surface area (Å²) in [4.78, 5) is 0. The number of nitrogens with zero attached hydrogens (tertiary/aromatic N) is 2. The van der Waals surface area contributed by atoms with Crippen LogP contribution in [-0.2, 0) is 17.8 Å². The van der Waals surface area contributed by atoms with Gasteiger partial charge in [0.05, 0.1) is 33.3 Å². The van der Waals surface area contributed by atoms with E-state index < -0.39 is 35.6 Å². The number of aromatic nitrogens is 2. The standard InChI is InChI=1S/C61H37BF6N2/c1-30-9-15-34(16-10-30)51-44-25-36-7-5-6-8-39(36)52-57(44)69(54(51)35-17-11-31(2)12-18-35)50-22-21-45-58-53(50)62(52)49-29-38(61(66,67)68)27-43-42-26-37(60(63,64)65)28-48(55(42)70(58)56(43)49)59(45)46-23-32(3)13-19-40(46)41-20-14-33(4)24-47(41)59/h5-29H,1-4H3. The van der Waals surface area contributed by atoms with Crippen molar-refractivity contribution in [3.8, 4) is 44.9 Å². The number of hydrogen-bond donors (Lipinski definition) is 0. The lowest BCUT2D eigenvalue weighted by Gasteiger charge is -2.44. The number of halogens is 6. The molecule has 1 spiro atoms. The Morgan fingerprint density at radius 3 is 1.67 bits per heavy atom. The highest BCUT2D eigenvalue weighted by atomic mass is 19.4. The van der Waals surface area contributed by atoms with Crippen molar-refractivity contribution in [1.82, 2.24) is 9.13 Å². The highest BCUT2D eigenvalue weighted by molar-refractivity contribution is 7.01. The van der Waals surface area contributed by atoms with Crippen molar-refractivity contribution in [3.05, 3.63) is 207 Å². The molecule has 5 heterocycles. The second-order valence-corrected chi connectivity index (χ2v) is 20.1. The minimum absolute atomic E-state index is 0.147. The Labute approximate surface area is 398 Å². The monoisotopic (exact) mass is 922 g/mol. The zero-order valence-corrected chi connectivity index (χ0v) is 38.2. The fourth-order valence-corrected chi connectivity index (χ4v) is 13.4. The molecule has 0 atom stereocenters. The molecular formula is C61H37BF6N2. The van der Waals surface area contributed by atoms with Gasteiger partial charge in [0.2, 0.25) is 0 Å². The summed E-state index contributed by atoms with van der Waals surface area (Å²) < 4.78 is 98.5. The van der Waals surface area contributed by atoms with Crippen LogP contribution >= 0.6 is 0 Å². The zero-order chi connectivity index (χ0) is 47.7. The third-order valence-electron chi connectivity index (χ3n) is 16.1. The van der Waals surface area contributed by atoms with E-state index in [1.807, 2.05) is 38.1 Å². The third kappa shape index (κ3) is 4.78. The molecule has 0 saturated carbocycles. The molecule has 15 rings (SSSR count). The van der Waals surface area contributed by atoms with Gasteiger partial charge in [0.25, 0.3) is 6.71 Å². The molecule has 0 radical (unpaired) electrons. The van der Waals surface area contributed by atoms with Crippen LogP contribution in [0.3, 0.4) is 0 Å². The van der Waals surface area contributed by atoms with Gasteiger partial charge < -0.3 is 9.13 Å². The van der Waals surface area contributed by atoms with Crippen molar-refractivity contribution in [1.29, 1.82) is 0 Å². The number of benzene rings is 9. The van der Waals surface area contributed by atoms with Crippen molar-refractivity contribution in [2.24, 2.45) is 0 Å². The van der Waals surface area contributed by atoms with Gasteiger partial charge in [-0.05, 0) is 130 Å². The molecule has 0 saturated heterocycles. The Balaban J connectivity index is 1.24. The van der Waals surface area contributed by atoms with Gasteiger partial charge in [-0.3, -0.25) is 0 Å². The fourth-order valence-electron chi connectivity index (χ4n) is 13.4. The normalized spacial score (nSPS) is 14.5. The van der Waals surface area contributed by atoms with Crippen LogP contribution in [0.25, 0.3) is 88.4 Å². The predicted octanol–water partition coefficient (Wildman–Crippen LogP) is 14.3. The Hall–Kier alpha value is -7.78. The molecule has 9 aromatic carbocycles. The van der Waals surface area contributed by atoms with Gasteiger partial charge in [0, 0.05) is 38.6 Å². The molecule has 2 aromatic heterocycles.